The van der Waals surface area contributed by atoms with Gasteiger partial charge in [0.1, 0.15) is 0 Å². The van der Waals surface area contributed by atoms with E-state index in [0.29, 0.717) is 34.8 Å². The number of hydrogen-bond acceptors (Lipinski definition) is 3. The number of carbonyl (C=O) groups is 1. The van der Waals surface area contributed by atoms with Crippen molar-refractivity contribution in [3.63, 3.8) is 0 Å². The molecule has 2 aromatic carbocycles. The van der Waals surface area contributed by atoms with Crippen molar-refractivity contribution in [2.75, 3.05) is 6.61 Å². The van der Waals surface area contributed by atoms with E-state index >= 15 is 0 Å². The molecule has 3 nitrogen and oxygen atoms in total. The van der Waals surface area contributed by atoms with Gasteiger partial charge in [0, 0.05) is 22.6 Å². The van der Waals surface area contributed by atoms with Crippen molar-refractivity contribution < 1.29 is 9.53 Å². The SMILES string of the molecule is CCOC(=O)c1ccc(-c2cc(Cl)cc(Cl)c2CNC2CCCCC2)cc1. The van der Waals surface area contributed by atoms with Crippen LogP contribution in [0.5, 0.6) is 0 Å². The fourth-order valence-electron chi connectivity index (χ4n) is 3.59. The number of hydrogen-bond donors (Lipinski definition) is 1. The molecule has 0 bridgehead atoms. The van der Waals surface area contributed by atoms with Gasteiger partial charge in [-0.05, 0) is 60.7 Å². The van der Waals surface area contributed by atoms with E-state index in [1.807, 2.05) is 18.2 Å². The van der Waals surface area contributed by atoms with Crippen molar-refractivity contribution in [3.05, 3.63) is 57.6 Å². The smallest absolute Gasteiger partial charge is 0.338 e. The maximum atomic E-state index is 11.9. The molecule has 2 aromatic rings. The van der Waals surface area contributed by atoms with Crippen LogP contribution in [0.1, 0.15) is 54.9 Å². The minimum absolute atomic E-state index is 0.313. The van der Waals surface area contributed by atoms with Crippen molar-refractivity contribution in [2.24, 2.45) is 0 Å². The highest BCUT2D eigenvalue weighted by Crippen LogP contribution is 2.33. The first-order chi connectivity index (χ1) is 13.1. The quantitative estimate of drug-likeness (QED) is 0.576. The van der Waals surface area contributed by atoms with Gasteiger partial charge in [-0.1, -0.05) is 54.6 Å². The molecule has 5 heteroatoms. The Kier molecular flexibility index (Phi) is 7.17. The van der Waals surface area contributed by atoms with Crippen LogP contribution in [0.2, 0.25) is 10.0 Å². The minimum atomic E-state index is -0.313. The summed E-state index contributed by atoms with van der Waals surface area (Å²) in [6, 6.07) is 11.7. The van der Waals surface area contributed by atoms with Crippen LogP contribution < -0.4 is 5.32 Å². The van der Waals surface area contributed by atoms with Gasteiger partial charge < -0.3 is 10.1 Å². The average Bonchev–Trinajstić information content (AvgIpc) is 2.68. The molecule has 0 heterocycles. The number of esters is 1. The van der Waals surface area contributed by atoms with E-state index in [0.717, 1.165) is 16.7 Å². The first-order valence-corrected chi connectivity index (χ1v) is 10.3. The summed E-state index contributed by atoms with van der Waals surface area (Å²) in [5.41, 5.74) is 3.55. The Morgan fingerprint density at radius 2 is 1.81 bits per heavy atom. The molecule has 0 aromatic heterocycles. The largest absolute Gasteiger partial charge is 0.462 e. The maximum Gasteiger partial charge on any atom is 0.338 e. The summed E-state index contributed by atoms with van der Waals surface area (Å²) in [7, 11) is 0. The van der Waals surface area contributed by atoms with Crippen LogP contribution in [-0.2, 0) is 11.3 Å². The van der Waals surface area contributed by atoms with E-state index in [2.05, 4.69) is 5.32 Å². The van der Waals surface area contributed by atoms with Gasteiger partial charge in [-0.25, -0.2) is 4.79 Å². The lowest BCUT2D eigenvalue weighted by Gasteiger charge is -2.24. The summed E-state index contributed by atoms with van der Waals surface area (Å²) in [4.78, 5) is 11.9. The van der Waals surface area contributed by atoms with Crippen LogP contribution in [0.3, 0.4) is 0 Å². The zero-order valence-electron chi connectivity index (χ0n) is 15.6. The summed E-state index contributed by atoms with van der Waals surface area (Å²) in [5, 5.41) is 4.92. The second kappa shape index (κ2) is 9.59. The molecule has 0 atom stereocenters. The second-order valence-corrected chi connectivity index (χ2v) is 7.77. The third-order valence-corrected chi connectivity index (χ3v) is 5.60. The molecule has 0 amide bonds. The highest BCUT2D eigenvalue weighted by molar-refractivity contribution is 6.35. The lowest BCUT2D eigenvalue weighted by Crippen LogP contribution is -2.30. The van der Waals surface area contributed by atoms with Gasteiger partial charge >= 0.3 is 5.97 Å². The molecule has 0 radical (unpaired) electrons. The number of nitrogens with one attached hydrogen (secondary N) is 1. The van der Waals surface area contributed by atoms with Gasteiger partial charge in [0.05, 0.1) is 12.2 Å². The van der Waals surface area contributed by atoms with E-state index in [-0.39, 0.29) is 5.97 Å². The predicted octanol–water partition coefficient (Wildman–Crippen LogP) is 6.26. The molecule has 27 heavy (non-hydrogen) atoms. The fraction of sp³-hybridized carbons (Fsp3) is 0.409. The van der Waals surface area contributed by atoms with Crippen LogP contribution in [0.15, 0.2) is 36.4 Å². The van der Waals surface area contributed by atoms with Crippen molar-refractivity contribution in [1.29, 1.82) is 0 Å². The fourth-order valence-corrected chi connectivity index (χ4v) is 4.15. The minimum Gasteiger partial charge on any atom is -0.462 e. The normalized spacial score (nSPS) is 14.9. The highest BCUT2D eigenvalue weighted by atomic mass is 35.5. The van der Waals surface area contributed by atoms with Crippen molar-refractivity contribution in [3.8, 4) is 11.1 Å². The number of benzene rings is 2. The maximum absolute atomic E-state index is 11.9. The Labute approximate surface area is 171 Å². The molecule has 1 N–H and O–H groups in total. The molecule has 1 aliphatic rings. The second-order valence-electron chi connectivity index (χ2n) is 6.93. The van der Waals surface area contributed by atoms with Gasteiger partial charge in [0.15, 0.2) is 0 Å². The third-order valence-electron chi connectivity index (χ3n) is 5.04. The monoisotopic (exact) mass is 405 g/mol. The van der Waals surface area contributed by atoms with E-state index in [1.54, 1.807) is 25.1 Å². The van der Waals surface area contributed by atoms with Gasteiger partial charge in [0.25, 0.3) is 0 Å². The summed E-state index contributed by atoms with van der Waals surface area (Å²) in [6.07, 6.45) is 6.34. The highest BCUT2D eigenvalue weighted by Gasteiger charge is 2.16. The van der Waals surface area contributed by atoms with Crippen molar-refractivity contribution >= 4 is 29.2 Å². The average molecular weight is 406 g/mol. The zero-order valence-corrected chi connectivity index (χ0v) is 17.1. The molecule has 1 aliphatic carbocycles. The van der Waals surface area contributed by atoms with Gasteiger partial charge in [-0.15, -0.1) is 0 Å². The van der Waals surface area contributed by atoms with Crippen LogP contribution in [0, 0.1) is 0 Å². The molecule has 3 rings (SSSR count). The molecule has 0 unspecified atom stereocenters. The first-order valence-electron chi connectivity index (χ1n) is 9.57. The molecule has 1 fully saturated rings. The van der Waals surface area contributed by atoms with Crippen LogP contribution in [-0.4, -0.2) is 18.6 Å². The van der Waals surface area contributed by atoms with Gasteiger partial charge in [-0.3, -0.25) is 0 Å². The van der Waals surface area contributed by atoms with Gasteiger partial charge in [0.2, 0.25) is 0 Å². The van der Waals surface area contributed by atoms with Gasteiger partial charge in [-0.2, -0.15) is 0 Å². The van der Waals surface area contributed by atoms with Crippen molar-refractivity contribution in [2.45, 2.75) is 51.6 Å². The topological polar surface area (TPSA) is 38.3 Å². The molecular formula is C22H25Cl2NO2. The summed E-state index contributed by atoms with van der Waals surface area (Å²) in [6.45, 7) is 2.86. The number of carbonyl (C=O) groups excluding carboxylic acids is 1. The first kappa shape index (κ1) is 20.2. The third kappa shape index (κ3) is 5.25. The Bertz CT molecular complexity index is 784. The molecule has 1 saturated carbocycles. The Hall–Kier alpha value is -1.55. The molecule has 0 aliphatic heterocycles. The van der Waals surface area contributed by atoms with Crippen molar-refractivity contribution in [1.82, 2.24) is 5.32 Å². The van der Waals surface area contributed by atoms with E-state index in [9.17, 15) is 4.79 Å². The van der Waals surface area contributed by atoms with E-state index < -0.39 is 0 Å². The number of ether oxygens (including phenoxy) is 1. The van der Waals surface area contributed by atoms with E-state index in [4.69, 9.17) is 27.9 Å². The number of rotatable bonds is 6. The molecular weight excluding hydrogens is 381 g/mol. The lowest BCUT2D eigenvalue weighted by molar-refractivity contribution is 0.0526. The Morgan fingerprint density at radius 3 is 2.48 bits per heavy atom. The molecule has 144 valence electrons. The predicted molar refractivity (Wildman–Crippen MR) is 112 cm³/mol. The Balaban J connectivity index is 1.84. The van der Waals surface area contributed by atoms with Crippen LogP contribution in [0.25, 0.3) is 11.1 Å². The zero-order chi connectivity index (χ0) is 19.2. The number of halogens is 2. The lowest BCUT2D eigenvalue weighted by atomic mass is 9.94. The molecule has 0 spiro atoms. The van der Waals surface area contributed by atoms with Crippen LogP contribution >= 0.6 is 23.2 Å². The summed E-state index contributed by atoms with van der Waals surface area (Å²) < 4.78 is 5.05. The van der Waals surface area contributed by atoms with E-state index in [1.165, 1.54) is 32.1 Å². The molecule has 0 saturated heterocycles. The summed E-state index contributed by atoms with van der Waals surface area (Å²) >= 11 is 12.8. The Morgan fingerprint density at radius 1 is 1.11 bits per heavy atom. The standard InChI is InChI=1S/C22H25Cl2NO2/c1-2-27-22(26)16-10-8-15(9-11-16)19-12-17(23)13-21(24)20(19)14-25-18-6-4-3-5-7-18/h8-13,18,25H,2-7,14H2,1H3. The summed E-state index contributed by atoms with van der Waals surface area (Å²) in [5.74, 6) is -0.313. The van der Waals surface area contributed by atoms with Crippen LogP contribution in [0.4, 0.5) is 0 Å².